The van der Waals surface area contributed by atoms with Crippen LogP contribution in [0.25, 0.3) is 11.0 Å². The second-order valence-electron chi connectivity index (χ2n) is 8.47. The van der Waals surface area contributed by atoms with Gasteiger partial charge < -0.3 is 9.88 Å². The van der Waals surface area contributed by atoms with E-state index in [0.29, 0.717) is 37.4 Å². The number of nitrogens with one attached hydrogen (secondary N) is 1. The number of sulfonamides is 1. The largest absolute Gasteiger partial charge is 0.328 e. The van der Waals surface area contributed by atoms with Gasteiger partial charge in [0.15, 0.2) is 11.6 Å². The van der Waals surface area contributed by atoms with Crippen molar-refractivity contribution in [1.29, 1.82) is 0 Å². The average Bonchev–Trinajstić information content (AvgIpc) is 3.47. The fourth-order valence-corrected chi connectivity index (χ4v) is 5.71. The molecule has 2 heterocycles. The van der Waals surface area contributed by atoms with Crippen molar-refractivity contribution in [3.63, 3.8) is 0 Å². The minimum Gasteiger partial charge on any atom is -0.328 e. The van der Waals surface area contributed by atoms with Gasteiger partial charge in [-0.25, -0.2) is 22.2 Å². The maximum Gasteiger partial charge on any atom is 0.243 e. The summed E-state index contributed by atoms with van der Waals surface area (Å²) in [6.45, 7) is 3.84. The van der Waals surface area contributed by atoms with Gasteiger partial charge in [0.2, 0.25) is 15.9 Å². The van der Waals surface area contributed by atoms with Gasteiger partial charge in [0.25, 0.3) is 0 Å². The van der Waals surface area contributed by atoms with Crippen LogP contribution in [0, 0.1) is 11.6 Å². The molecule has 0 spiro atoms. The van der Waals surface area contributed by atoms with Crippen LogP contribution in [0.1, 0.15) is 44.9 Å². The molecule has 7 nitrogen and oxygen atoms in total. The monoisotopic (exact) mass is 490 g/mol. The molecule has 1 aromatic heterocycles. The Labute approximate surface area is 197 Å². The van der Waals surface area contributed by atoms with Crippen LogP contribution < -0.4 is 5.32 Å². The number of nitrogens with zero attached hydrogens (tertiary/aromatic N) is 3. The molecular weight excluding hydrogens is 462 g/mol. The highest BCUT2D eigenvalue weighted by molar-refractivity contribution is 7.89. The summed E-state index contributed by atoms with van der Waals surface area (Å²) in [5, 5.41) is 2.57. The molecule has 0 radical (unpaired) electrons. The lowest BCUT2D eigenvalue weighted by atomic mass is 10.2. The summed E-state index contributed by atoms with van der Waals surface area (Å²) in [4.78, 5) is 17.3. The summed E-state index contributed by atoms with van der Waals surface area (Å²) in [5.41, 5.74) is 1.58. The zero-order chi connectivity index (χ0) is 24.3. The number of aromatic nitrogens is 2. The van der Waals surface area contributed by atoms with Crippen LogP contribution in [0.5, 0.6) is 0 Å². The summed E-state index contributed by atoms with van der Waals surface area (Å²) in [6.07, 6.45) is 4.02. The number of amides is 1. The van der Waals surface area contributed by atoms with Crippen LogP contribution in [-0.4, -0.2) is 41.3 Å². The first-order chi connectivity index (χ1) is 16.3. The quantitative estimate of drug-likeness (QED) is 0.480. The predicted molar refractivity (Wildman–Crippen MR) is 126 cm³/mol. The number of rotatable bonds is 9. The van der Waals surface area contributed by atoms with Gasteiger partial charge in [-0.3, -0.25) is 4.79 Å². The van der Waals surface area contributed by atoms with Crippen LogP contribution in [0.4, 0.5) is 14.5 Å². The third-order valence-electron chi connectivity index (χ3n) is 6.02. The van der Waals surface area contributed by atoms with Gasteiger partial charge >= 0.3 is 0 Å². The molecule has 34 heavy (non-hydrogen) atoms. The molecule has 1 fully saturated rings. The highest BCUT2D eigenvalue weighted by Crippen LogP contribution is 2.26. The molecule has 2 aromatic carbocycles. The van der Waals surface area contributed by atoms with Gasteiger partial charge in [-0.05, 0) is 49.6 Å². The van der Waals surface area contributed by atoms with Crippen LogP contribution in [0.3, 0.4) is 0 Å². The van der Waals surface area contributed by atoms with Crippen molar-refractivity contribution in [3.8, 4) is 0 Å². The lowest BCUT2D eigenvalue weighted by Gasteiger charge is -2.15. The number of hydrogen-bond donors (Lipinski definition) is 1. The van der Waals surface area contributed by atoms with E-state index in [1.165, 1.54) is 10.4 Å². The number of carbonyl (C=O) groups excluding carboxylic acids is 1. The molecule has 1 amide bonds. The molecule has 182 valence electrons. The highest BCUT2D eigenvalue weighted by Gasteiger charge is 2.28. The first-order valence-electron chi connectivity index (χ1n) is 11.5. The minimum atomic E-state index is -3.56. The Bertz CT molecular complexity index is 1300. The summed E-state index contributed by atoms with van der Waals surface area (Å²) >= 11 is 0. The summed E-state index contributed by atoms with van der Waals surface area (Å²) < 4.78 is 56.0. The smallest absolute Gasteiger partial charge is 0.243 e. The molecule has 1 N–H and O–H groups in total. The lowest BCUT2D eigenvalue weighted by Crippen LogP contribution is -2.27. The molecular formula is C24H28F2N4O3S. The minimum absolute atomic E-state index is 0.0907. The molecule has 0 atom stereocenters. The molecule has 0 aliphatic carbocycles. The van der Waals surface area contributed by atoms with Crippen molar-refractivity contribution in [1.82, 2.24) is 13.9 Å². The van der Waals surface area contributed by atoms with Gasteiger partial charge in [0.1, 0.15) is 5.82 Å². The number of imidazole rings is 1. The molecule has 4 rings (SSSR count). The Morgan fingerprint density at radius 3 is 2.56 bits per heavy atom. The molecule has 0 unspecified atom stereocenters. The van der Waals surface area contributed by atoms with Crippen LogP contribution in [0.15, 0.2) is 41.3 Å². The second-order valence-corrected chi connectivity index (χ2v) is 10.4. The van der Waals surface area contributed by atoms with Crippen molar-refractivity contribution in [2.75, 3.05) is 18.4 Å². The Morgan fingerprint density at radius 1 is 1.09 bits per heavy atom. The summed E-state index contributed by atoms with van der Waals surface area (Å²) in [7, 11) is -3.56. The van der Waals surface area contributed by atoms with Crippen molar-refractivity contribution in [3.05, 3.63) is 53.9 Å². The van der Waals surface area contributed by atoms with Crippen LogP contribution in [-0.2, 0) is 27.8 Å². The first-order valence-corrected chi connectivity index (χ1v) is 13.0. The molecule has 10 heteroatoms. The normalized spacial score (nSPS) is 14.7. The van der Waals surface area contributed by atoms with E-state index >= 15 is 0 Å². The van der Waals surface area contributed by atoms with Crippen molar-refractivity contribution >= 4 is 32.7 Å². The van der Waals surface area contributed by atoms with Gasteiger partial charge in [-0.2, -0.15) is 4.31 Å². The maximum atomic E-state index is 13.4. The molecule has 0 bridgehead atoms. The first kappa shape index (κ1) is 24.3. The van der Waals surface area contributed by atoms with Gasteiger partial charge in [0.05, 0.1) is 15.9 Å². The standard InChI is InChI=1S/C24H28F2N4O3S/c1-2-3-14-30-22-9-7-18(34(32,33)29-12-4-5-13-29)16-21(22)28-23(30)10-11-24(31)27-17-6-8-19(25)20(26)15-17/h6-9,15-16H,2-5,10-14H2,1H3,(H,27,31). The molecule has 1 aliphatic rings. The zero-order valence-corrected chi connectivity index (χ0v) is 19.9. The van der Waals surface area contributed by atoms with Gasteiger partial charge in [0, 0.05) is 44.2 Å². The number of halogens is 2. The SMILES string of the molecule is CCCCn1c(CCC(=O)Nc2ccc(F)c(F)c2)nc2cc(S(=O)(=O)N3CCCC3)ccc21. The van der Waals surface area contributed by atoms with E-state index < -0.39 is 21.7 Å². The fourth-order valence-electron chi connectivity index (χ4n) is 4.18. The summed E-state index contributed by atoms with van der Waals surface area (Å²) in [6, 6.07) is 8.21. The van der Waals surface area contributed by atoms with Gasteiger partial charge in [-0.15, -0.1) is 0 Å². The number of hydrogen-bond acceptors (Lipinski definition) is 4. The molecule has 1 saturated heterocycles. The predicted octanol–water partition coefficient (Wildman–Crippen LogP) is 4.47. The third kappa shape index (κ3) is 5.12. The number of anilines is 1. The third-order valence-corrected chi connectivity index (χ3v) is 7.91. The van der Waals surface area contributed by atoms with Crippen molar-refractivity contribution in [2.24, 2.45) is 0 Å². The highest BCUT2D eigenvalue weighted by atomic mass is 32.2. The Morgan fingerprint density at radius 2 is 1.85 bits per heavy atom. The van der Waals surface area contributed by atoms with E-state index in [1.807, 2.05) is 4.57 Å². The maximum absolute atomic E-state index is 13.4. The topological polar surface area (TPSA) is 84.3 Å². The number of carbonyl (C=O) groups is 1. The molecule has 3 aromatic rings. The molecule has 0 saturated carbocycles. The van der Waals surface area contributed by atoms with Crippen LogP contribution >= 0.6 is 0 Å². The Balaban J connectivity index is 1.55. The Kier molecular flexibility index (Phi) is 7.27. The Hall–Kier alpha value is -2.85. The van der Waals surface area contributed by atoms with E-state index in [2.05, 4.69) is 17.2 Å². The number of benzene rings is 2. The summed E-state index contributed by atoms with van der Waals surface area (Å²) in [5.74, 6) is -1.68. The zero-order valence-electron chi connectivity index (χ0n) is 19.1. The number of aryl methyl sites for hydroxylation is 2. The van der Waals surface area contributed by atoms with E-state index in [0.717, 1.165) is 43.3 Å². The lowest BCUT2D eigenvalue weighted by molar-refractivity contribution is -0.116. The molecule has 1 aliphatic heterocycles. The van der Waals surface area contributed by atoms with Crippen molar-refractivity contribution in [2.45, 2.75) is 56.9 Å². The van der Waals surface area contributed by atoms with Gasteiger partial charge in [-0.1, -0.05) is 13.3 Å². The second kappa shape index (κ2) is 10.2. The number of unbranched alkanes of at least 4 members (excludes halogenated alkanes) is 1. The van der Waals surface area contributed by atoms with E-state index in [9.17, 15) is 22.0 Å². The van der Waals surface area contributed by atoms with E-state index in [-0.39, 0.29) is 22.9 Å². The average molecular weight is 491 g/mol. The van der Waals surface area contributed by atoms with E-state index in [4.69, 9.17) is 0 Å². The van der Waals surface area contributed by atoms with Crippen molar-refractivity contribution < 1.29 is 22.0 Å². The number of fused-ring (bicyclic) bond motifs is 1. The van der Waals surface area contributed by atoms with E-state index in [1.54, 1.807) is 18.2 Å². The van der Waals surface area contributed by atoms with Crippen LogP contribution in [0.2, 0.25) is 0 Å². The fraction of sp³-hybridized carbons (Fsp3) is 0.417.